The molecule has 4 rings (SSSR count). The Morgan fingerprint density at radius 3 is 2.62 bits per heavy atom. The van der Waals surface area contributed by atoms with Crippen molar-refractivity contribution < 1.29 is 14.4 Å². The molecule has 1 aliphatic heterocycles. The van der Waals surface area contributed by atoms with Crippen molar-refractivity contribution >= 4 is 40.2 Å². The van der Waals surface area contributed by atoms with E-state index in [1.807, 2.05) is 36.1 Å². The molecule has 3 aromatic rings. The van der Waals surface area contributed by atoms with Crippen molar-refractivity contribution in [2.75, 3.05) is 23.9 Å². The fourth-order valence-corrected chi connectivity index (χ4v) is 5.16. The number of benzene rings is 2. The quantitative estimate of drug-likeness (QED) is 0.370. The zero-order valence-corrected chi connectivity index (χ0v) is 20.4. The number of hydrogen-bond acceptors (Lipinski definition) is 6. The molecule has 8 heteroatoms. The molecule has 1 N–H and O–H groups in total. The molecule has 0 bridgehead atoms. The molecule has 0 spiro atoms. The number of anilines is 2. The maximum Gasteiger partial charge on any atom is 0.273 e. The minimum atomic E-state index is -0.328. The van der Waals surface area contributed by atoms with E-state index in [9.17, 15) is 9.59 Å². The molecule has 1 aliphatic rings. The molecule has 0 fully saturated rings. The van der Waals surface area contributed by atoms with Gasteiger partial charge < -0.3 is 15.1 Å². The third-order valence-electron chi connectivity index (χ3n) is 5.65. The molecule has 0 saturated carbocycles. The molecule has 7 nitrogen and oxygen atoms in total. The van der Waals surface area contributed by atoms with Crippen molar-refractivity contribution in [3.63, 3.8) is 0 Å². The predicted molar refractivity (Wildman–Crippen MR) is 137 cm³/mol. The highest BCUT2D eigenvalue weighted by atomic mass is 32.1. The Kier molecular flexibility index (Phi) is 7.37. The average molecular weight is 477 g/mol. The number of carbonyl (C=O) groups is 2. The maximum absolute atomic E-state index is 13.5. The van der Waals surface area contributed by atoms with Crippen LogP contribution in [-0.4, -0.2) is 36.2 Å². The number of rotatable bonds is 7. The van der Waals surface area contributed by atoms with Gasteiger partial charge in [-0.15, -0.1) is 11.3 Å². The van der Waals surface area contributed by atoms with Crippen LogP contribution in [0.5, 0.6) is 0 Å². The number of aryl methyl sites for hydroxylation is 1. The number of oxime groups is 1. The van der Waals surface area contributed by atoms with Gasteiger partial charge in [-0.1, -0.05) is 37.2 Å². The summed E-state index contributed by atoms with van der Waals surface area (Å²) in [6.45, 7) is 4.58. The molecular formula is C26H28N4O3S. The van der Waals surface area contributed by atoms with Gasteiger partial charge in [0.1, 0.15) is 12.8 Å². The van der Waals surface area contributed by atoms with Crippen molar-refractivity contribution in [3.8, 4) is 11.3 Å². The van der Waals surface area contributed by atoms with E-state index < -0.39 is 0 Å². The van der Waals surface area contributed by atoms with Crippen LogP contribution < -0.4 is 10.2 Å². The van der Waals surface area contributed by atoms with Gasteiger partial charge >= 0.3 is 0 Å². The summed E-state index contributed by atoms with van der Waals surface area (Å²) in [5, 5.41) is 7.69. The lowest BCUT2D eigenvalue weighted by Crippen LogP contribution is -2.32. The summed E-state index contributed by atoms with van der Waals surface area (Å²) in [4.78, 5) is 38.5. The van der Waals surface area contributed by atoms with E-state index in [4.69, 9.17) is 9.82 Å². The number of nitrogens with one attached hydrogen (secondary N) is 1. The molecular weight excluding hydrogens is 448 g/mol. The molecule has 176 valence electrons. The van der Waals surface area contributed by atoms with Crippen LogP contribution in [0.4, 0.5) is 11.4 Å². The smallest absolute Gasteiger partial charge is 0.273 e. The zero-order valence-electron chi connectivity index (χ0n) is 19.6. The minimum absolute atomic E-state index is 0.0792. The van der Waals surface area contributed by atoms with Gasteiger partial charge in [-0.25, -0.2) is 4.98 Å². The first-order valence-corrected chi connectivity index (χ1v) is 12.3. The van der Waals surface area contributed by atoms with Crippen LogP contribution in [0, 0.1) is 0 Å². The zero-order chi connectivity index (χ0) is 24.1. The molecule has 2 aromatic carbocycles. The molecule has 34 heavy (non-hydrogen) atoms. The lowest BCUT2D eigenvalue weighted by Gasteiger charge is -2.23. The summed E-state index contributed by atoms with van der Waals surface area (Å²) in [5.74, 6) is -0.407. The Labute approximate surface area is 203 Å². The van der Waals surface area contributed by atoms with E-state index in [1.54, 1.807) is 35.6 Å². The van der Waals surface area contributed by atoms with E-state index in [2.05, 4.69) is 17.4 Å². The molecule has 2 amide bonds. The fourth-order valence-electron chi connectivity index (χ4n) is 3.99. The summed E-state index contributed by atoms with van der Waals surface area (Å²) < 4.78 is 0. The van der Waals surface area contributed by atoms with Crippen LogP contribution in [-0.2, 0) is 22.5 Å². The summed E-state index contributed by atoms with van der Waals surface area (Å²) in [6.07, 6.45) is 3.26. The molecule has 0 atom stereocenters. The summed E-state index contributed by atoms with van der Waals surface area (Å²) in [7, 11) is 1.41. The second-order valence-corrected chi connectivity index (χ2v) is 9.13. The van der Waals surface area contributed by atoms with E-state index in [1.165, 1.54) is 12.0 Å². The minimum Gasteiger partial charge on any atom is -0.399 e. The maximum atomic E-state index is 13.5. The summed E-state index contributed by atoms with van der Waals surface area (Å²) in [6, 6.07) is 14.9. The monoisotopic (exact) mass is 476 g/mol. The van der Waals surface area contributed by atoms with Crippen molar-refractivity contribution in [1.82, 2.24) is 4.98 Å². The van der Waals surface area contributed by atoms with E-state index in [-0.39, 0.29) is 11.8 Å². The molecule has 0 unspecified atom stereocenters. The van der Waals surface area contributed by atoms with Gasteiger partial charge in [0.05, 0.1) is 16.4 Å². The van der Waals surface area contributed by atoms with E-state index in [0.717, 1.165) is 41.2 Å². The Hall–Kier alpha value is -3.52. The highest BCUT2D eigenvalue weighted by Crippen LogP contribution is 2.39. The Morgan fingerprint density at radius 1 is 1.15 bits per heavy atom. The van der Waals surface area contributed by atoms with Gasteiger partial charge in [0.15, 0.2) is 0 Å². The highest BCUT2D eigenvalue weighted by molar-refractivity contribution is 7.12. The van der Waals surface area contributed by atoms with Gasteiger partial charge in [-0.05, 0) is 49.6 Å². The molecule has 0 saturated heterocycles. The Morgan fingerprint density at radius 2 is 1.91 bits per heavy atom. The highest BCUT2D eigenvalue weighted by Gasteiger charge is 2.27. The van der Waals surface area contributed by atoms with Crippen LogP contribution in [0.2, 0.25) is 0 Å². The number of nitrogens with zero attached hydrogens (tertiary/aromatic N) is 3. The van der Waals surface area contributed by atoms with Gasteiger partial charge in [0, 0.05) is 34.7 Å². The van der Waals surface area contributed by atoms with Crippen LogP contribution in [0.15, 0.2) is 53.7 Å². The third kappa shape index (κ3) is 4.87. The SMILES string of the molecule is CCCc1nc2c(s1)CCN(C(=O)c1ccc(NC(=O)/C(CC)=N/OC)cc1)c1ccccc1-2. The second-order valence-electron chi connectivity index (χ2n) is 7.96. The standard InChI is InChI=1S/C26H28N4O3S/c1-4-8-23-28-24-19-9-6-7-10-21(19)30(16-15-22(24)34-23)26(32)17-11-13-18(14-12-17)27-25(31)20(5-2)29-33-3/h6-7,9-14H,4-5,8,15-16H2,1-3H3,(H,27,31)/b29-20+. The Bertz CT molecular complexity index is 1220. The van der Waals surface area contributed by atoms with Crippen molar-refractivity contribution in [2.24, 2.45) is 5.16 Å². The molecule has 0 aliphatic carbocycles. The topological polar surface area (TPSA) is 83.9 Å². The third-order valence-corrected chi connectivity index (χ3v) is 6.83. The number of carbonyl (C=O) groups excluding carboxylic acids is 2. The van der Waals surface area contributed by atoms with Crippen LogP contribution in [0.1, 0.15) is 46.9 Å². The first kappa shape index (κ1) is 23.6. The summed E-state index contributed by atoms with van der Waals surface area (Å²) in [5.41, 5.74) is 4.31. The van der Waals surface area contributed by atoms with Crippen molar-refractivity contribution in [3.05, 3.63) is 64.0 Å². The van der Waals surface area contributed by atoms with Crippen LogP contribution in [0.3, 0.4) is 0 Å². The van der Waals surface area contributed by atoms with Crippen LogP contribution in [0.25, 0.3) is 11.3 Å². The van der Waals surface area contributed by atoms with Crippen LogP contribution >= 0.6 is 11.3 Å². The fraction of sp³-hybridized carbons (Fsp3) is 0.308. The van der Waals surface area contributed by atoms with Gasteiger partial charge in [-0.2, -0.15) is 0 Å². The lowest BCUT2D eigenvalue weighted by atomic mass is 10.1. The first-order valence-electron chi connectivity index (χ1n) is 11.5. The number of hydrogen-bond donors (Lipinski definition) is 1. The number of amides is 2. The molecule has 1 aromatic heterocycles. The van der Waals surface area contributed by atoms with Gasteiger partial charge in [-0.3, -0.25) is 9.59 Å². The average Bonchev–Trinajstić information content (AvgIpc) is 3.19. The van der Waals surface area contributed by atoms with Crippen molar-refractivity contribution in [1.29, 1.82) is 0 Å². The number of aromatic nitrogens is 1. The van der Waals surface area contributed by atoms with Crippen molar-refractivity contribution in [2.45, 2.75) is 39.5 Å². The van der Waals surface area contributed by atoms with Gasteiger partial charge in [0.2, 0.25) is 0 Å². The summed E-state index contributed by atoms with van der Waals surface area (Å²) >= 11 is 1.75. The predicted octanol–water partition coefficient (Wildman–Crippen LogP) is 5.32. The largest absolute Gasteiger partial charge is 0.399 e. The van der Waals surface area contributed by atoms with E-state index in [0.29, 0.717) is 29.9 Å². The Balaban J connectivity index is 1.57. The second kappa shape index (κ2) is 10.6. The molecule has 0 radical (unpaired) electrons. The number of para-hydroxylation sites is 1. The first-order chi connectivity index (χ1) is 16.5. The number of thiazole rings is 1. The normalized spacial score (nSPS) is 13.0. The molecule has 2 heterocycles. The lowest BCUT2D eigenvalue weighted by molar-refractivity contribution is -0.110. The number of fused-ring (bicyclic) bond motifs is 3. The van der Waals surface area contributed by atoms with E-state index >= 15 is 0 Å². The van der Waals surface area contributed by atoms with Gasteiger partial charge in [0.25, 0.3) is 11.8 Å².